The molecule has 3 amide bonds. The van der Waals surface area contributed by atoms with Crippen molar-refractivity contribution in [1.29, 1.82) is 0 Å². The number of anilines is 1. The fraction of sp³-hybridized carbons (Fsp3) is 0.655. The summed E-state index contributed by atoms with van der Waals surface area (Å²) in [6, 6.07) is 5.50. The molecule has 5 rings (SSSR count). The minimum Gasteiger partial charge on any atom is -0.332 e. The Bertz CT molecular complexity index is 1360. The van der Waals surface area contributed by atoms with Crippen molar-refractivity contribution in [2.75, 3.05) is 18.9 Å². The van der Waals surface area contributed by atoms with Crippen molar-refractivity contribution in [2.24, 2.45) is 11.3 Å². The fourth-order valence-electron chi connectivity index (χ4n) is 6.08. The van der Waals surface area contributed by atoms with Gasteiger partial charge in [0.05, 0.1) is 11.7 Å². The third-order valence-electron chi connectivity index (χ3n) is 8.63. The lowest BCUT2D eigenvalue weighted by atomic mass is 9.80. The van der Waals surface area contributed by atoms with Gasteiger partial charge in [0.25, 0.3) is 5.91 Å². The first-order valence-electron chi connectivity index (χ1n) is 14.1. The Hall–Kier alpha value is -2.97. The van der Waals surface area contributed by atoms with Crippen molar-refractivity contribution >= 4 is 33.4 Å². The van der Waals surface area contributed by atoms with Crippen LogP contribution >= 0.6 is 0 Å². The second kappa shape index (κ2) is 10.1. The van der Waals surface area contributed by atoms with E-state index < -0.39 is 50.8 Å². The molecule has 1 aromatic rings. The van der Waals surface area contributed by atoms with Crippen molar-refractivity contribution in [3.05, 3.63) is 41.2 Å². The molecule has 10 nitrogen and oxygen atoms in total. The van der Waals surface area contributed by atoms with E-state index in [4.69, 9.17) is 6.57 Å². The van der Waals surface area contributed by atoms with E-state index >= 15 is 0 Å². The Labute approximate surface area is 236 Å². The molecule has 0 bridgehead atoms. The van der Waals surface area contributed by atoms with Crippen molar-refractivity contribution in [2.45, 2.75) is 94.6 Å². The first-order chi connectivity index (χ1) is 18.8. The third kappa shape index (κ3) is 5.48. The van der Waals surface area contributed by atoms with Crippen LogP contribution in [0.15, 0.2) is 24.3 Å². The van der Waals surface area contributed by atoms with Crippen LogP contribution in [0.5, 0.6) is 0 Å². The molecule has 40 heavy (non-hydrogen) atoms. The average molecular weight is 570 g/mol. The second-order valence-electron chi connectivity index (χ2n) is 13.2. The Morgan fingerprint density at radius 2 is 1.90 bits per heavy atom. The Morgan fingerprint density at radius 3 is 2.50 bits per heavy atom. The third-order valence-corrected chi connectivity index (χ3v) is 10.6. The number of para-hydroxylation sites is 1. The minimum atomic E-state index is -3.62. The van der Waals surface area contributed by atoms with Crippen LogP contribution in [0.2, 0.25) is 0 Å². The maximum Gasteiger partial charge on any atom is 0.302 e. The molecule has 4 atom stereocenters. The number of carbonyl (C=O) groups excluding carboxylic acids is 3. The van der Waals surface area contributed by atoms with Crippen LogP contribution < -0.4 is 10.0 Å². The zero-order chi connectivity index (χ0) is 29.0. The maximum absolute atomic E-state index is 14.3. The summed E-state index contributed by atoms with van der Waals surface area (Å²) < 4.78 is 28.3. The summed E-state index contributed by atoms with van der Waals surface area (Å²) in [5.41, 5.74) is 0.0937. The zero-order valence-electron chi connectivity index (χ0n) is 23.6. The summed E-state index contributed by atoms with van der Waals surface area (Å²) in [7, 11) is -2.07. The van der Waals surface area contributed by atoms with Gasteiger partial charge in [0.2, 0.25) is 21.8 Å². The smallest absolute Gasteiger partial charge is 0.302 e. The highest BCUT2D eigenvalue weighted by atomic mass is 32.2. The number of hydrogen-bond donors (Lipinski definition) is 2. The Balaban J connectivity index is 1.43. The number of nitrogens with one attached hydrogen (secondary N) is 2. The first-order valence-corrected chi connectivity index (χ1v) is 15.7. The molecular weight excluding hydrogens is 530 g/mol. The van der Waals surface area contributed by atoms with E-state index in [0.29, 0.717) is 31.4 Å². The summed E-state index contributed by atoms with van der Waals surface area (Å²) in [6.07, 6.45) is 3.13. The number of sulfonamides is 1. The van der Waals surface area contributed by atoms with Crippen molar-refractivity contribution in [1.82, 2.24) is 14.5 Å². The number of rotatable bonds is 9. The predicted molar refractivity (Wildman–Crippen MR) is 150 cm³/mol. The molecule has 1 aromatic carbocycles. The number of amides is 3. The molecule has 11 heteroatoms. The van der Waals surface area contributed by atoms with E-state index in [2.05, 4.69) is 14.9 Å². The topological polar surface area (TPSA) is 120 Å². The highest BCUT2D eigenvalue weighted by molar-refractivity contribution is 7.90. The standard InChI is InChI=1S/C29H39N5O5S/c1-28(2,3)15-23(33(5)25(35)22(14-18-10-11-18)32-40(38,39)19-12-13-19)26(36)34-17-29(16-24(34)30-4)20-8-6-7-9-21(20)31-27(29)37/h6-9,18-19,22-24,32H,10-17H2,1-3,5H3,(H,31,37)/t22-,23-,24-,29-/m0/s1. The van der Waals surface area contributed by atoms with Crippen LogP contribution in [-0.2, 0) is 29.8 Å². The Morgan fingerprint density at radius 1 is 1.23 bits per heavy atom. The first kappa shape index (κ1) is 28.6. The van der Waals surface area contributed by atoms with Crippen LogP contribution in [0.3, 0.4) is 0 Å². The highest BCUT2D eigenvalue weighted by Gasteiger charge is 2.59. The number of nitrogens with zero attached hydrogens (tertiary/aromatic N) is 3. The summed E-state index contributed by atoms with van der Waals surface area (Å²) >= 11 is 0. The Kier molecular flexibility index (Phi) is 7.24. The predicted octanol–water partition coefficient (Wildman–Crippen LogP) is 2.87. The van der Waals surface area contributed by atoms with Gasteiger partial charge in [-0.3, -0.25) is 24.1 Å². The SMILES string of the molecule is [C-]#[N+][C@@H]1C[C@@]2(CN1C(=O)[C@H](CC(C)(C)C)N(C)C(=O)[C@H](CC1CC1)NS(=O)(=O)C1CC1)C(=O)Nc1ccccc12. The van der Waals surface area contributed by atoms with Crippen LogP contribution in [-0.4, -0.2) is 73.0 Å². The van der Waals surface area contributed by atoms with E-state index in [1.165, 1.54) is 9.80 Å². The van der Waals surface area contributed by atoms with Crippen LogP contribution in [0, 0.1) is 17.9 Å². The van der Waals surface area contributed by atoms with Crippen molar-refractivity contribution in [3.8, 4) is 0 Å². The maximum atomic E-state index is 14.3. The van der Waals surface area contributed by atoms with Gasteiger partial charge in [0.1, 0.15) is 17.5 Å². The number of likely N-dealkylation sites (N-methyl/N-ethyl adjacent to an activating group) is 1. The molecule has 2 aliphatic carbocycles. The van der Waals surface area contributed by atoms with E-state index in [1.54, 1.807) is 7.05 Å². The molecule has 0 unspecified atom stereocenters. The van der Waals surface area contributed by atoms with Gasteiger partial charge in [0, 0.05) is 19.3 Å². The van der Waals surface area contributed by atoms with Crippen LogP contribution in [0.25, 0.3) is 4.85 Å². The molecule has 2 aliphatic heterocycles. The number of fused-ring (bicyclic) bond motifs is 2. The zero-order valence-corrected chi connectivity index (χ0v) is 24.5. The molecule has 216 valence electrons. The minimum absolute atomic E-state index is 0.0458. The van der Waals surface area contributed by atoms with Gasteiger partial charge >= 0.3 is 6.17 Å². The van der Waals surface area contributed by atoms with Gasteiger partial charge in [-0.25, -0.2) is 19.7 Å². The molecule has 4 aliphatic rings. The molecule has 0 aromatic heterocycles. The molecule has 2 N–H and O–H groups in total. The fourth-order valence-corrected chi connectivity index (χ4v) is 7.62. The molecule has 2 heterocycles. The molecule has 0 radical (unpaired) electrons. The lowest BCUT2D eigenvalue weighted by Crippen LogP contribution is -2.56. The summed E-state index contributed by atoms with van der Waals surface area (Å²) in [4.78, 5) is 48.0. The normalized spacial score (nSPS) is 25.7. The highest BCUT2D eigenvalue weighted by Crippen LogP contribution is 2.47. The lowest BCUT2D eigenvalue weighted by Gasteiger charge is -2.36. The van der Waals surface area contributed by atoms with Gasteiger partial charge in [0.15, 0.2) is 0 Å². The van der Waals surface area contributed by atoms with Crippen LogP contribution in [0.4, 0.5) is 5.69 Å². The van der Waals surface area contributed by atoms with E-state index in [-0.39, 0.29) is 30.2 Å². The van der Waals surface area contributed by atoms with Crippen LogP contribution in [0.1, 0.15) is 71.3 Å². The molecule has 1 saturated heterocycles. The summed E-state index contributed by atoms with van der Waals surface area (Å²) in [6.45, 7) is 13.8. The van der Waals surface area contributed by atoms with E-state index in [0.717, 1.165) is 18.4 Å². The van der Waals surface area contributed by atoms with Gasteiger partial charge < -0.3 is 10.2 Å². The lowest BCUT2D eigenvalue weighted by molar-refractivity contribution is -0.147. The molecule has 1 spiro atoms. The molecule has 3 fully saturated rings. The van der Waals surface area contributed by atoms with Gasteiger partial charge in [-0.1, -0.05) is 51.8 Å². The number of likely N-dealkylation sites (tertiary alicyclic amines) is 1. The summed E-state index contributed by atoms with van der Waals surface area (Å²) in [5.74, 6) is -0.771. The van der Waals surface area contributed by atoms with Gasteiger partial charge in [-0.2, -0.15) is 0 Å². The van der Waals surface area contributed by atoms with E-state index in [9.17, 15) is 22.8 Å². The van der Waals surface area contributed by atoms with Crippen molar-refractivity contribution < 1.29 is 22.8 Å². The van der Waals surface area contributed by atoms with Crippen molar-refractivity contribution in [3.63, 3.8) is 0 Å². The van der Waals surface area contributed by atoms with Gasteiger partial charge in [-0.05, 0) is 48.6 Å². The quantitative estimate of drug-likeness (QED) is 0.443. The molecular formula is C29H39N5O5S. The average Bonchev–Trinajstić information content (AvgIpc) is 3.83. The van der Waals surface area contributed by atoms with E-state index in [1.807, 2.05) is 45.0 Å². The molecule has 2 saturated carbocycles. The number of carbonyl (C=O) groups is 3. The summed E-state index contributed by atoms with van der Waals surface area (Å²) in [5, 5.41) is 2.45. The second-order valence-corrected chi connectivity index (χ2v) is 15.2. The monoisotopic (exact) mass is 569 g/mol. The number of benzene rings is 1. The number of hydrogen-bond acceptors (Lipinski definition) is 5. The van der Waals surface area contributed by atoms with Gasteiger partial charge in [-0.15, -0.1) is 0 Å². The largest absolute Gasteiger partial charge is 0.332 e.